The number of rotatable bonds is 6. The molecule has 1 saturated heterocycles. The standard InChI is InChI=1S/C17H23NO2S/c1-13(2)15-9-6-10-18(15)17(20)12-21-11-16(19)14-7-4-3-5-8-14/h3-5,7-8,13,15H,6,9-12H2,1-2H3/t15-/m1/s1. The van der Waals surface area contributed by atoms with E-state index in [1.807, 2.05) is 35.2 Å². The van der Waals surface area contributed by atoms with E-state index in [9.17, 15) is 9.59 Å². The van der Waals surface area contributed by atoms with Gasteiger partial charge in [0.2, 0.25) is 5.91 Å². The van der Waals surface area contributed by atoms with Crippen molar-refractivity contribution < 1.29 is 9.59 Å². The van der Waals surface area contributed by atoms with E-state index in [0.29, 0.717) is 23.5 Å². The minimum absolute atomic E-state index is 0.0928. The van der Waals surface area contributed by atoms with Gasteiger partial charge in [0.05, 0.1) is 11.5 Å². The van der Waals surface area contributed by atoms with E-state index in [2.05, 4.69) is 13.8 Å². The van der Waals surface area contributed by atoms with Crippen molar-refractivity contribution in [2.75, 3.05) is 18.1 Å². The Morgan fingerprint density at radius 2 is 1.95 bits per heavy atom. The summed E-state index contributed by atoms with van der Waals surface area (Å²) in [6.45, 7) is 5.21. The Morgan fingerprint density at radius 3 is 2.62 bits per heavy atom. The van der Waals surface area contributed by atoms with Gasteiger partial charge in [-0.3, -0.25) is 9.59 Å². The highest BCUT2D eigenvalue weighted by Gasteiger charge is 2.30. The SMILES string of the molecule is CC(C)[C@H]1CCCN1C(=O)CSCC(=O)c1ccccc1. The number of hydrogen-bond donors (Lipinski definition) is 0. The topological polar surface area (TPSA) is 37.4 Å². The van der Waals surface area contributed by atoms with Gasteiger partial charge in [0.1, 0.15) is 0 Å². The lowest BCUT2D eigenvalue weighted by atomic mass is 10.0. The first-order valence-corrected chi connectivity index (χ1v) is 8.70. The molecule has 0 aromatic heterocycles. The zero-order chi connectivity index (χ0) is 15.2. The van der Waals surface area contributed by atoms with Crippen molar-refractivity contribution in [1.29, 1.82) is 0 Å². The summed E-state index contributed by atoms with van der Waals surface area (Å²) in [5.41, 5.74) is 0.721. The van der Waals surface area contributed by atoms with Crippen LogP contribution in [-0.4, -0.2) is 40.7 Å². The van der Waals surface area contributed by atoms with E-state index in [1.54, 1.807) is 0 Å². The van der Waals surface area contributed by atoms with E-state index < -0.39 is 0 Å². The van der Waals surface area contributed by atoms with E-state index >= 15 is 0 Å². The highest BCUT2D eigenvalue weighted by molar-refractivity contribution is 8.00. The average molecular weight is 305 g/mol. The number of benzene rings is 1. The van der Waals surface area contributed by atoms with Crippen molar-refractivity contribution in [1.82, 2.24) is 4.90 Å². The van der Waals surface area contributed by atoms with Gasteiger partial charge in [0.25, 0.3) is 0 Å². The maximum atomic E-state index is 12.3. The Hall–Kier alpha value is -1.29. The molecule has 1 amide bonds. The summed E-state index contributed by atoms with van der Waals surface area (Å²) in [7, 11) is 0. The minimum Gasteiger partial charge on any atom is -0.339 e. The van der Waals surface area contributed by atoms with Crippen molar-refractivity contribution >= 4 is 23.5 Å². The molecule has 1 aromatic rings. The molecule has 0 aliphatic carbocycles. The third kappa shape index (κ3) is 4.34. The van der Waals surface area contributed by atoms with Crippen molar-refractivity contribution in [3.63, 3.8) is 0 Å². The molecular weight excluding hydrogens is 282 g/mol. The molecule has 1 fully saturated rings. The van der Waals surface area contributed by atoms with Gasteiger partial charge in [-0.25, -0.2) is 0 Å². The first-order valence-electron chi connectivity index (χ1n) is 7.55. The Kier molecular flexibility index (Phi) is 5.85. The predicted octanol–water partition coefficient (Wildman–Crippen LogP) is 3.25. The number of carbonyl (C=O) groups excluding carboxylic acids is 2. The molecule has 0 unspecified atom stereocenters. The predicted molar refractivity (Wildman–Crippen MR) is 87.7 cm³/mol. The van der Waals surface area contributed by atoms with Crippen LogP contribution in [0.1, 0.15) is 37.0 Å². The molecule has 3 nitrogen and oxygen atoms in total. The monoisotopic (exact) mass is 305 g/mol. The average Bonchev–Trinajstić information content (AvgIpc) is 2.97. The fraction of sp³-hybridized carbons (Fsp3) is 0.529. The minimum atomic E-state index is 0.0928. The van der Waals surface area contributed by atoms with Gasteiger partial charge in [-0.15, -0.1) is 11.8 Å². The number of ketones is 1. The van der Waals surface area contributed by atoms with Crippen LogP contribution in [0.3, 0.4) is 0 Å². The van der Waals surface area contributed by atoms with Gasteiger partial charge < -0.3 is 4.90 Å². The number of Topliss-reactive ketones (excluding diaryl/α,β-unsaturated/α-hetero) is 1. The zero-order valence-corrected chi connectivity index (χ0v) is 13.6. The fourth-order valence-electron chi connectivity index (χ4n) is 2.82. The summed E-state index contributed by atoms with van der Waals surface area (Å²) in [6.07, 6.45) is 2.21. The molecule has 1 atom stereocenters. The normalized spacial score (nSPS) is 18.2. The molecule has 114 valence electrons. The van der Waals surface area contributed by atoms with Gasteiger partial charge in [-0.2, -0.15) is 0 Å². The van der Waals surface area contributed by atoms with E-state index in [-0.39, 0.29) is 11.7 Å². The van der Waals surface area contributed by atoms with Crippen LogP contribution in [0, 0.1) is 5.92 Å². The van der Waals surface area contributed by atoms with Crippen LogP contribution in [-0.2, 0) is 4.79 Å². The van der Waals surface area contributed by atoms with Gasteiger partial charge in [0, 0.05) is 18.2 Å². The quantitative estimate of drug-likeness (QED) is 0.757. The highest BCUT2D eigenvalue weighted by atomic mass is 32.2. The van der Waals surface area contributed by atoms with Gasteiger partial charge in [0.15, 0.2) is 5.78 Å². The molecule has 2 rings (SSSR count). The summed E-state index contributed by atoms with van der Waals surface area (Å²) >= 11 is 1.42. The Bertz CT molecular complexity index is 487. The molecule has 0 saturated carbocycles. The third-order valence-electron chi connectivity index (χ3n) is 3.94. The maximum absolute atomic E-state index is 12.3. The summed E-state index contributed by atoms with van der Waals surface area (Å²) in [5.74, 6) is 1.55. The second-order valence-corrected chi connectivity index (χ2v) is 6.81. The van der Waals surface area contributed by atoms with Crippen LogP contribution >= 0.6 is 11.8 Å². The van der Waals surface area contributed by atoms with Crippen molar-refractivity contribution in [2.24, 2.45) is 5.92 Å². The number of likely N-dealkylation sites (tertiary alicyclic amines) is 1. The zero-order valence-electron chi connectivity index (χ0n) is 12.7. The lowest BCUT2D eigenvalue weighted by Crippen LogP contribution is -2.39. The number of thioether (sulfide) groups is 1. The molecule has 4 heteroatoms. The number of nitrogens with zero attached hydrogens (tertiary/aromatic N) is 1. The second-order valence-electron chi connectivity index (χ2n) is 5.82. The third-order valence-corrected chi connectivity index (χ3v) is 4.86. The molecule has 1 aliphatic heterocycles. The fourth-order valence-corrected chi connectivity index (χ4v) is 3.61. The maximum Gasteiger partial charge on any atom is 0.232 e. The lowest BCUT2D eigenvalue weighted by molar-refractivity contribution is -0.129. The van der Waals surface area contributed by atoms with Crippen molar-refractivity contribution in [3.05, 3.63) is 35.9 Å². The second kappa shape index (κ2) is 7.64. The van der Waals surface area contributed by atoms with Crippen molar-refractivity contribution in [2.45, 2.75) is 32.7 Å². The van der Waals surface area contributed by atoms with Crippen LogP contribution in [0.25, 0.3) is 0 Å². The van der Waals surface area contributed by atoms with Crippen LogP contribution in [0.5, 0.6) is 0 Å². The summed E-state index contributed by atoms with van der Waals surface area (Å²) < 4.78 is 0. The first-order chi connectivity index (χ1) is 10.1. The largest absolute Gasteiger partial charge is 0.339 e. The van der Waals surface area contributed by atoms with Crippen LogP contribution in [0.15, 0.2) is 30.3 Å². The van der Waals surface area contributed by atoms with Crippen LogP contribution in [0.4, 0.5) is 0 Å². The molecular formula is C17H23NO2S. The molecule has 1 aliphatic rings. The van der Waals surface area contributed by atoms with Crippen molar-refractivity contribution in [3.8, 4) is 0 Å². The van der Waals surface area contributed by atoms with Crippen LogP contribution < -0.4 is 0 Å². The Balaban J connectivity index is 1.78. The summed E-state index contributed by atoms with van der Waals surface area (Å²) in [6, 6.07) is 9.64. The smallest absolute Gasteiger partial charge is 0.232 e. The van der Waals surface area contributed by atoms with Crippen LogP contribution in [0.2, 0.25) is 0 Å². The van der Waals surface area contributed by atoms with Gasteiger partial charge in [-0.1, -0.05) is 44.2 Å². The molecule has 21 heavy (non-hydrogen) atoms. The highest BCUT2D eigenvalue weighted by Crippen LogP contribution is 2.24. The number of amides is 1. The number of carbonyl (C=O) groups is 2. The van der Waals surface area contributed by atoms with Gasteiger partial charge in [-0.05, 0) is 18.8 Å². The molecule has 0 N–H and O–H groups in total. The Labute approximate surface area is 131 Å². The van der Waals surface area contributed by atoms with Gasteiger partial charge >= 0.3 is 0 Å². The van der Waals surface area contributed by atoms with E-state index in [1.165, 1.54) is 11.8 Å². The Morgan fingerprint density at radius 1 is 1.24 bits per heavy atom. The first kappa shape index (κ1) is 16.1. The molecule has 0 spiro atoms. The molecule has 1 heterocycles. The molecule has 0 radical (unpaired) electrons. The summed E-state index contributed by atoms with van der Waals surface area (Å²) in [5, 5.41) is 0. The summed E-state index contributed by atoms with van der Waals surface area (Å²) in [4.78, 5) is 26.3. The lowest BCUT2D eigenvalue weighted by Gasteiger charge is -2.27. The number of hydrogen-bond acceptors (Lipinski definition) is 3. The van der Waals surface area contributed by atoms with E-state index in [0.717, 1.165) is 24.9 Å². The molecule has 1 aromatic carbocycles. The van der Waals surface area contributed by atoms with E-state index in [4.69, 9.17) is 0 Å². The molecule has 0 bridgehead atoms.